The molecular formula is C20H29BO3. The van der Waals surface area contributed by atoms with Crippen molar-refractivity contribution < 1.29 is 14.0 Å². The summed E-state index contributed by atoms with van der Waals surface area (Å²) in [5.74, 6) is 0. The van der Waals surface area contributed by atoms with Crippen LogP contribution < -0.4 is 0 Å². The van der Waals surface area contributed by atoms with Gasteiger partial charge in [-0.15, -0.1) is 0 Å². The van der Waals surface area contributed by atoms with Gasteiger partial charge in [0.2, 0.25) is 0 Å². The Morgan fingerprint density at radius 3 is 2.17 bits per heavy atom. The van der Waals surface area contributed by atoms with E-state index < -0.39 is 0 Å². The summed E-state index contributed by atoms with van der Waals surface area (Å²) < 4.78 is 18.6. The molecule has 3 nitrogen and oxygen atoms in total. The third-order valence-electron chi connectivity index (χ3n) is 5.66. The summed E-state index contributed by atoms with van der Waals surface area (Å²) in [5, 5.41) is 0. The highest BCUT2D eigenvalue weighted by atomic mass is 16.7. The molecule has 3 rings (SSSR count). The fourth-order valence-electron chi connectivity index (χ4n) is 3.31. The van der Waals surface area contributed by atoms with Gasteiger partial charge in [-0.3, -0.25) is 0 Å². The number of benzene rings is 1. The van der Waals surface area contributed by atoms with E-state index in [-0.39, 0.29) is 29.8 Å². The molecular weight excluding hydrogens is 299 g/mol. The van der Waals surface area contributed by atoms with Crippen LogP contribution in [-0.2, 0) is 20.7 Å². The Kier molecular flexibility index (Phi) is 4.44. The Labute approximate surface area is 146 Å². The number of rotatable bonds is 4. The first-order valence-corrected chi connectivity index (χ1v) is 8.83. The lowest BCUT2D eigenvalue weighted by Crippen LogP contribution is -2.41. The summed E-state index contributed by atoms with van der Waals surface area (Å²) in [7, 11) is -0.264. The van der Waals surface area contributed by atoms with Crippen LogP contribution in [-0.4, -0.2) is 24.4 Å². The average Bonchev–Trinajstić information content (AvgIpc) is 2.90. The molecule has 0 N–H and O–H groups in total. The van der Waals surface area contributed by atoms with E-state index in [0.717, 1.165) is 6.42 Å². The van der Waals surface area contributed by atoms with Gasteiger partial charge < -0.3 is 14.0 Å². The van der Waals surface area contributed by atoms with E-state index in [0.29, 0.717) is 6.61 Å². The lowest BCUT2D eigenvalue weighted by molar-refractivity contribution is -0.00686. The van der Waals surface area contributed by atoms with E-state index in [1.165, 1.54) is 11.0 Å². The van der Waals surface area contributed by atoms with Crippen LogP contribution in [0.2, 0.25) is 0 Å². The Morgan fingerprint density at radius 2 is 1.58 bits per heavy atom. The monoisotopic (exact) mass is 328 g/mol. The van der Waals surface area contributed by atoms with Gasteiger partial charge in [0.05, 0.1) is 23.9 Å². The fourth-order valence-corrected chi connectivity index (χ4v) is 3.31. The van der Waals surface area contributed by atoms with Crippen molar-refractivity contribution in [2.45, 2.75) is 71.9 Å². The lowest BCUT2D eigenvalue weighted by Gasteiger charge is -2.32. The van der Waals surface area contributed by atoms with Crippen molar-refractivity contribution in [1.82, 2.24) is 0 Å². The molecule has 4 heteroatoms. The van der Waals surface area contributed by atoms with Gasteiger partial charge in [0.15, 0.2) is 0 Å². The average molecular weight is 328 g/mol. The van der Waals surface area contributed by atoms with Crippen molar-refractivity contribution in [2.24, 2.45) is 5.41 Å². The molecule has 0 aromatic heterocycles. The second-order valence-corrected chi connectivity index (χ2v) is 8.62. The molecule has 0 spiro atoms. The quantitative estimate of drug-likeness (QED) is 0.759. The molecule has 1 fully saturated rings. The second kappa shape index (κ2) is 6.01. The van der Waals surface area contributed by atoms with Crippen molar-refractivity contribution in [2.75, 3.05) is 0 Å². The van der Waals surface area contributed by atoms with Gasteiger partial charge in [-0.2, -0.15) is 0 Å². The van der Waals surface area contributed by atoms with Crippen LogP contribution in [0.25, 0.3) is 0 Å². The zero-order chi connectivity index (χ0) is 17.6. The highest BCUT2D eigenvalue weighted by Crippen LogP contribution is 2.44. The normalized spacial score (nSPS) is 27.3. The van der Waals surface area contributed by atoms with Crippen molar-refractivity contribution in [3.05, 3.63) is 47.4 Å². The summed E-state index contributed by atoms with van der Waals surface area (Å²) in [6, 6.07) is 10.3. The van der Waals surface area contributed by atoms with Gasteiger partial charge in [-0.1, -0.05) is 50.3 Å². The summed E-state index contributed by atoms with van der Waals surface area (Å²) in [4.78, 5) is 0. The summed E-state index contributed by atoms with van der Waals surface area (Å²) >= 11 is 0. The highest BCUT2D eigenvalue weighted by Gasteiger charge is 2.54. The first kappa shape index (κ1) is 17.7. The molecule has 130 valence electrons. The summed E-state index contributed by atoms with van der Waals surface area (Å²) in [6.07, 6.45) is 3.29. The standard InChI is InChI=1S/C20H29BO3/c1-18(2)13-16(21-23-19(3,4)20(5,6)24-21)12-17(18)22-14-15-10-8-7-9-11-15/h7-11,13,17H,12,14H2,1-6H3/t17-/m0/s1. The largest absolute Gasteiger partial charge is 0.490 e. The van der Waals surface area contributed by atoms with E-state index in [2.05, 4.69) is 59.8 Å². The Balaban J connectivity index is 1.66. The number of hydrogen-bond acceptors (Lipinski definition) is 3. The van der Waals surface area contributed by atoms with E-state index in [1.54, 1.807) is 0 Å². The Bertz CT molecular complexity index is 603. The molecule has 0 bridgehead atoms. The van der Waals surface area contributed by atoms with Gasteiger partial charge in [-0.05, 0) is 45.2 Å². The minimum Gasteiger partial charge on any atom is -0.400 e. The molecule has 0 unspecified atom stereocenters. The van der Waals surface area contributed by atoms with E-state index in [4.69, 9.17) is 14.0 Å². The maximum atomic E-state index is 6.23. The van der Waals surface area contributed by atoms with Gasteiger partial charge in [0, 0.05) is 5.41 Å². The summed E-state index contributed by atoms with van der Waals surface area (Å²) in [5.41, 5.74) is 1.79. The smallest absolute Gasteiger partial charge is 0.400 e. The number of hydrogen-bond donors (Lipinski definition) is 0. The van der Waals surface area contributed by atoms with E-state index in [1.807, 2.05) is 18.2 Å². The fraction of sp³-hybridized carbons (Fsp3) is 0.600. The summed E-state index contributed by atoms with van der Waals surface area (Å²) in [6.45, 7) is 13.5. The molecule has 1 heterocycles. The van der Waals surface area contributed by atoms with Gasteiger partial charge in [0.25, 0.3) is 0 Å². The van der Waals surface area contributed by atoms with Crippen LogP contribution in [0.5, 0.6) is 0 Å². The molecule has 0 radical (unpaired) electrons. The SMILES string of the molecule is CC1(C)C=C(B2OC(C)(C)C(C)(C)O2)C[C@@H]1OCc1ccccc1. The first-order valence-electron chi connectivity index (χ1n) is 8.83. The van der Waals surface area contributed by atoms with Crippen LogP contribution in [0.4, 0.5) is 0 Å². The first-order chi connectivity index (χ1) is 11.1. The second-order valence-electron chi connectivity index (χ2n) is 8.62. The van der Waals surface area contributed by atoms with Crippen molar-refractivity contribution in [3.63, 3.8) is 0 Å². The van der Waals surface area contributed by atoms with Crippen LogP contribution in [0.1, 0.15) is 53.5 Å². The van der Waals surface area contributed by atoms with Crippen LogP contribution in [0, 0.1) is 5.41 Å². The molecule has 0 amide bonds. The molecule has 1 aliphatic carbocycles. The molecule has 1 atom stereocenters. The Hall–Kier alpha value is -1.10. The van der Waals surface area contributed by atoms with Crippen LogP contribution in [0.15, 0.2) is 41.9 Å². The highest BCUT2D eigenvalue weighted by molar-refractivity contribution is 6.54. The molecule has 1 saturated heterocycles. The minimum absolute atomic E-state index is 0.0201. The van der Waals surface area contributed by atoms with E-state index in [9.17, 15) is 0 Å². The zero-order valence-electron chi connectivity index (χ0n) is 15.8. The zero-order valence-corrected chi connectivity index (χ0v) is 15.8. The molecule has 0 saturated carbocycles. The van der Waals surface area contributed by atoms with Gasteiger partial charge >= 0.3 is 7.12 Å². The van der Waals surface area contributed by atoms with Crippen molar-refractivity contribution in [3.8, 4) is 0 Å². The minimum atomic E-state index is -0.300. The topological polar surface area (TPSA) is 27.7 Å². The van der Waals surface area contributed by atoms with Crippen LogP contribution in [0.3, 0.4) is 0 Å². The van der Waals surface area contributed by atoms with Crippen molar-refractivity contribution in [1.29, 1.82) is 0 Å². The molecule has 1 aromatic carbocycles. The Morgan fingerprint density at radius 1 is 1.00 bits per heavy atom. The predicted octanol–water partition coefficient (Wildman–Crippen LogP) is 4.56. The van der Waals surface area contributed by atoms with Gasteiger partial charge in [0.1, 0.15) is 0 Å². The molecule has 1 aliphatic heterocycles. The predicted molar refractivity (Wildman–Crippen MR) is 97.6 cm³/mol. The van der Waals surface area contributed by atoms with Crippen molar-refractivity contribution >= 4 is 7.12 Å². The lowest BCUT2D eigenvalue weighted by atomic mass is 9.77. The van der Waals surface area contributed by atoms with Gasteiger partial charge in [-0.25, -0.2) is 0 Å². The maximum absolute atomic E-state index is 6.23. The number of ether oxygens (including phenoxy) is 1. The third-order valence-corrected chi connectivity index (χ3v) is 5.66. The molecule has 24 heavy (non-hydrogen) atoms. The molecule has 1 aromatic rings. The van der Waals surface area contributed by atoms with Crippen LogP contribution >= 0.6 is 0 Å². The van der Waals surface area contributed by atoms with E-state index >= 15 is 0 Å². The maximum Gasteiger partial charge on any atom is 0.490 e. The molecule has 2 aliphatic rings. The third kappa shape index (κ3) is 3.33.